The number of carbonyl (C=O) groups is 1. The van der Waals surface area contributed by atoms with Crippen LogP contribution in [0.25, 0.3) is 10.9 Å². The van der Waals surface area contributed by atoms with Crippen LogP contribution in [0.15, 0.2) is 60.8 Å². The maximum absolute atomic E-state index is 12.9. The molecule has 1 aliphatic heterocycles. The minimum Gasteiger partial charge on any atom is -0.321 e. The van der Waals surface area contributed by atoms with Gasteiger partial charge < -0.3 is 10.6 Å². The van der Waals surface area contributed by atoms with Gasteiger partial charge in [-0.25, -0.2) is 0 Å². The van der Waals surface area contributed by atoms with E-state index in [0.717, 1.165) is 47.2 Å². The number of pyridine rings is 1. The number of carbonyl (C=O) groups excluding carboxylic acids is 1. The second-order valence-electron chi connectivity index (χ2n) is 6.11. The highest BCUT2D eigenvalue weighted by Crippen LogP contribution is 2.27. The molecular formula is C20H19N3O. The van der Waals surface area contributed by atoms with Crippen LogP contribution in [-0.2, 0) is 0 Å². The third-order valence-electron chi connectivity index (χ3n) is 4.60. The van der Waals surface area contributed by atoms with Gasteiger partial charge in [0.2, 0.25) is 0 Å². The lowest BCUT2D eigenvalue weighted by Crippen LogP contribution is -2.17. The van der Waals surface area contributed by atoms with E-state index in [1.165, 1.54) is 0 Å². The van der Waals surface area contributed by atoms with Crippen molar-refractivity contribution in [2.75, 3.05) is 18.4 Å². The van der Waals surface area contributed by atoms with E-state index < -0.39 is 0 Å². The number of amides is 1. The highest BCUT2D eigenvalue weighted by molar-refractivity contribution is 6.09. The van der Waals surface area contributed by atoms with Gasteiger partial charge in [-0.15, -0.1) is 0 Å². The summed E-state index contributed by atoms with van der Waals surface area (Å²) in [7, 11) is 0. The Morgan fingerprint density at radius 1 is 1.08 bits per heavy atom. The van der Waals surface area contributed by atoms with Crippen molar-refractivity contribution >= 4 is 22.5 Å². The van der Waals surface area contributed by atoms with Crippen molar-refractivity contribution in [2.45, 2.75) is 12.3 Å². The lowest BCUT2D eigenvalue weighted by Gasteiger charge is -2.15. The molecule has 1 aromatic heterocycles. The molecule has 1 saturated heterocycles. The third-order valence-corrected chi connectivity index (χ3v) is 4.60. The Morgan fingerprint density at radius 2 is 2.00 bits per heavy atom. The van der Waals surface area contributed by atoms with Gasteiger partial charge in [-0.2, -0.15) is 0 Å². The zero-order chi connectivity index (χ0) is 16.4. The summed E-state index contributed by atoms with van der Waals surface area (Å²) in [6.45, 7) is 1.94. The molecule has 120 valence electrons. The Hall–Kier alpha value is -2.72. The summed E-state index contributed by atoms with van der Waals surface area (Å²) in [4.78, 5) is 17.2. The molecule has 4 nitrogen and oxygen atoms in total. The fraction of sp³-hybridized carbons (Fsp3) is 0.200. The van der Waals surface area contributed by atoms with Gasteiger partial charge in [-0.05, 0) is 54.8 Å². The molecular weight excluding hydrogens is 298 g/mol. The topological polar surface area (TPSA) is 54.0 Å². The van der Waals surface area contributed by atoms with Crippen molar-refractivity contribution in [3.8, 4) is 0 Å². The highest BCUT2D eigenvalue weighted by atomic mass is 16.1. The first-order valence-electron chi connectivity index (χ1n) is 8.27. The number of nitrogens with one attached hydrogen (secondary N) is 2. The van der Waals surface area contributed by atoms with Crippen molar-refractivity contribution in [2.24, 2.45) is 0 Å². The number of benzene rings is 2. The van der Waals surface area contributed by atoms with Crippen LogP contribution in [0.4, 0.5) is 5.69 Å². The predicted molar refractivity (Wildman–Crippen MR) is 96.4 cm³/mol. The molecule has 24 heavy (non-hydrogen) atoms. The summed E-state index contributed by atoms with van der Waals surface area (Å²) in [5.74, 6) is 0.343. The first-order chi connectivity index (χ1) is 11.8. The first-order valence-corrected chi connectivity index (χ1v) is 8.27. The van der Waals surface area contributed by atoms with Crippen molar-refractivity contribution in [3.05, 3.63) is 71.9 Å². The van der Waals surface area contributed by atoms with E-state index in [9.17, 15) is 4.79 Å². The SMILES string of the molecule is O=C(Nc1cccc2ncccc12)c1ccccc1[C@H]1CCNC1. The standard InChI is InChI=1S/C20H19N3O/c24-20(16-6-2-1-5-15(16)14-10-12-21-13-14)23-19-9-3-8-18-17(19)7-4-11-22-18/h1-9,11,14,21H,10,12-13H2,(H,23,24)/t14-/m0/s1. The summed E-state index contributed by atoms with van der Waals surface area (Å²) in [5, 5.41) is 7.39. The van der Waals surface area contributed by atoms with Crippen LogP contribution >= 0.6 is 0 Å². The van der Waals surface area contributed by atoms with E-state index >= 15 is 0 Å². The van der Waals surface area contributed by atoms with Crippen LogP contribution in [-0.4, -0.2) is 24.0 Å². The molecule has 0 unspecified atom stereocenters. The smallest absolute Gasteiger partial charge is 0.255 e. The Balaban J connectivity index is 1.67. The van der Waals surface area contributed by atoms with E-state index in [4.69, 9.17) is 0 Å². The largest absolute Gasteiger partial charge is 0.321 e. The van der Waals surface area contributed by atoms with Gasteiger partial charge in [-0.3, -0.25) is 9.78 Å². The Labute approximate surface area is 140 Å². The zero-order valence-electron chi connectivity index (χ0n) is 13.3. The van der Waals surface area contributed by atoms with Crippen LogP contribution in [0.1, 0.15) is 28.3 Å². The molecule has 4 heteroatoms. The number of anilines is 1. The van der Waals surface area contributed by atoms with E-state index in [1.807, 2.05) is 48.5 Å². The number of aromatic nitrogens is 1. The van der Waals surface area contributed by atoms with Gasteiger partial charge >= 0.3 is 0 Å². The molecule has 0 aliphatic carbocycles. The van der Waals surface area contributed by atoms with Gasteiger partial charge in [0, 0.05) is 23.7 Å². The fourth-order valence-corrected chi connectivity index (χ4v) is 3.38. The van der Waals surface area contributed by atoms with Crippen molar-refractivity contribution in [1.82, 2.24) is 10.3 Å². The van der Waals surface area contributed by atoms with Gasteiger partial charge in [0.25, 0.3) is 5.91 Å². The van der Waals surface area contributed by atoms with Gasteiger partial charge in [0.05, 0.1) is 11.2 Å². The molecule has 1 aliphatic rings. The lowest BCUT2D eigenvalue weighted by molar-refractivity contribution is 0.102. The van der Waals surface area contributed by atoms with Gasteiger partial charge in [0.1, 0.15) is 0 Å². The predicted octanol–water partition coefficient (Wildman–Crippen LogP) is 3.56. The van der Waals surface area contributed by atoms with Crippen LogP contribution in [0, 0.1) is 0 Å². The Kier molecular flexibility index (Phi) is 3.97. The monoisotopic (exact) mass is 317 g/mol. The van der Waals surface area contributed by atoms with Crippen molar-refractivity contribution in [3.63, 3.8) is 0 Å². The Bertz CT molecular complexity index is 879. The second kappa shape index (κ2) is 6.42. The number of hydrogen-bond donors (Lipinski definition) is 2. The second-order valence-corrected chi connectivity index (χ2v) is 6.11. The average Bonchev–Trinajstić information content (AvgIpc) is 3.16. The number of nitrogens with zero attached hydrogens (tertiary/aromatic N) is 1. The minimum absolute atomic E-state index is 0.0612. The summed E-state index contributed by atoms with van der Waals surface area (Å²) in [5.41, 5.74) is 3.55. The molecule has 0 bridgehead atoms. The van der Waals surface area contributed by atoms with Gasteiger partial charge in [0.15, 0.2) is 0 Å². The molecule has 1 fully saturated rings. The maximum atomic E-state index is 12.9. The number of rotatable bonds is 3. The number of hydrogen-bond acceptors (Lipinski definition) is 3. The number of fused-ring (bicyclic) bond motifs is 1. The fourth-order valence-electron chi connectivity index (χ4n) is 3.38. The normalized spacial score (nSPS) is 17.1. The minimum atomic E-state index is -0.0612. The van der Waals surface area contributed by atoms with E-state index in [-0.39, 0.29) is 5.91 Å². The first kappa shape index (κ1) is 14.8. The van der Waals surface area contributed by atoms with Crippen LogP contribution < -0.4 is 10.6 Å². The maximum Gasteiger partial charge on any atom is 0.255 e. The summed E-state index contributed by atoms with van der Waals surface area (Å²) in [6.07, 6.45) is 2.83. The molecule has 2 N–H and O–H groups in total. The van der Waals surface area contributed by atoms with Crippen molar-refractivity contribution < 1.29 is 4.79 Å². The van der Waals surface area contributed by atoms with E-state index in [1.54, 1.807) is 6.20 Å². The van der Waals surface area contributed by atoms with Gasteiger partial charge in [-0.1, -0.05) is 24.3 Å². The molecule has 1 atom stereocenters. The third kappa shape index (κ3) is 2.76. The van der Waals surface area contributed by atoms with E-state index in [2.05, 4.69) is 21.7 Å². The van der Waals surface area contributed by atoms with Crippen LogP contribution in [0.2, 0.25) is 0 Å². The summed E-state index contributed by atoms with van der Waals surface area (Å²) >= 11 is 0. The molecule has 0 radical (unpaired) electrons. The summed E-state index contributed by atoms with van der Waals surface area (Å²) < 4.78 is 0. The van der Waals surface area contributed by atoms with Crippen LogP contribution in [0.5, 0.6) is 0 Å². The van der Waals surface area contributed by atoms with Crippen LogP contribution in [0.3, 0.4) is 0 Å². The molecule has 3 aromatic rings. The average molecular weight is 317 g/mol. The highest BCUT2D eigenvalue weighted by Gasteiger charge is 2.22. The molecule has 1 amide bonds. The van der Waals surface area contributed by atoms with E-state index in [0.29, 0.717) is 5.92 Å². The summed E-state index contributed by atoms with van der Waals surface area (Å²) in [6, 6.07) is 17.5. The molecule has 0 spiro atoms. The molecule has 4 rings (SSSR count). The Morgan fingerprint density at radius 3 is 2.88 bits per heavy atom. The quantitative estimate of drug-likeness (QED) is 0.776. The molecule has 2 aromatic carbocycles. The lowest BCUT2D eigenvalue weighted by atomic mass is 9.93. The molecule has 2 heterocycles. The molecule has 0 saturated carbocycles. The zero-order valence-corrected chi connectivity index (χ0v) is 13.3. The van der Waals surface area contributed by atoms with Crippen molar-refractivity contribution in [1.29, 1.82) is 0 Å².